The molecule has 0 aliphatic carbocycles. The lowest BCUT2D eigenvalue weighted by atomic mass is 9.79. The molecule has 5 nitrogen and oxygen atoms in total. The smallest absolute Gasteiger partial charge is 0.193 e. The van der Waals surface area contributed by atoms with E-state index in [2.05, 4.69) is 76.4 Å². The van der Waals surface area contributed by atoms with Gasteiger partial charge < -0.3 is 15.1 Å². The van der Waals surface area contributed by atoms with Crippen LogP contribution in [0.2, 0.25) is 0 Å². The first kappa shape index (κ1) is 23.4. The molecule has 0 amide bonds. The van der Waals surface area contributed by atoms with E-state index in [1.54, 1.807) is 0 Å². The highest BCUT2D eigenvalue weighted by atomic mass is 127. The third kappa shape index (κ3) is 5.83. The van der Waals surface area contributed by atoms with Crippen molar-refractivity contribution in [2.75, 3.05) is 60.4 Å². The zero-order valence-electron chi connectivity index (χ0n) is 18.0. The van der Waals surface area contributed by atoms with Crippen molar-refractivity contribution in [1.82, 2.24) is 20.0 Å². The Bertz CT molecular complexity index is 608. The standard InChI is InChI=1S/C22H37N5.HI/c1-5-18-16-27(12-11-21(18)19-9-7-6-8-10-19)22(23-2)24-15-20-17-25(3)13-14-26(20)4;/h6-10,18,20-21H,5,11-17H2,1-4H3,(H,23,24);1H. The van der Waals surface area contributed by atoms with E-state index in [-0.39, 0.29) is 24.0 Å². The van der Waals surface area contributed by atoms with Crippen molar-refractivity contribution in [3.63, 3.8) is 0 Å². The molecule has 3 rings (SSSR count). The number of likely N-dealkylation sites (N-methyl/N-ethyl adjacent to an activating group) is 2. The van der Waals surface area contributed by atoms with E-state index < -0.39 is 0 Å². The van der Waals surface area contributed by atoms with E-state index >= 15 is 0 Å². The number of halogens is 1. The van der Waals surface area contributed by atoms with Crippen molar-refractivity contribution < 1.29 is 0 Å². The van der Waals surface area contributed by atoms with E-state index in [1.807, 2.05) is 7.05 Å². The minimum Gasteiger partial charge on any atom is -0.355 e. The Morgan fingerprint density at radius 3 is 2.54 bits per heavy atom. The van der Waals surface area contributed by atoms with Crippen LogP contribution in [0, 0.1) is 5.92 Å². The SMILES string of the molecule is CCC1CN(C(=NC)NCC2CN(C)CCN2C)CCC1c1ccccc1.I. The largest absolute Gasteiger partial charge is 0.355 e. The van der Waals surface area contributed by atoms with Gasteiger partial charge in [-0.15, -0.1) is 24.0 Å². The van der Waals surface area contributed by atoms with Gasteiger partial charge in [0.1, 0.15) is 0 Å². The molecule has 2 fully saturated rings. The lowest BCUT2D eigenvalue weighted by molar-refractivity contribution is 0.115. The van der Waals surface area contributed by atoms with E-state index in [0.29, 0.717) is 17.9 Å². The van der Waals surface area contributed by atoms with Gasteiger partial charge in [0.15, 0.2) is 5.96 Å². The van der Waals surface area contributed by atoms with Crippen LogP contribution in [0.1, 0.15) is 31.2 Å². The van der Waals surface area contributed by atoms with Crippen LogP contribution in [-0.4, -0.2) is 87.1 Å². The molecule has 28 heavy (non-hydrogen) atoms. The maximum atomic E-state index is 4.61. The molecular weight excluding hydrogens is 461 g/mol. The highest BCUT2D eigenvalue weighted by Gasteiger charge is 2.31. The fraction of sp³-hybridized carbons (Fsp3) is 0.682. The molecule has 158 valence electrons. The van der Waals surface area contributed by atoms with Crippen LogP contribution in [0.3, 0.4) is 0 Å². The summed E-state index contributed by atoms with van der Waals surface area (Å²) in [5.41, 5.74) is 1.50. The molecule has 0 aromatic heterocycles. The van der Waals surface area contributed by atoms with Crippen LogP contribution >= 0.6 is 24.0 Å². The number of hydrogen-bond donors (Lipinski definition) is 1. The van der Waals surface area contributed by atoms with Crippen LogP contribution in [-0.2, 0) is 0 Å². The van der Waals surface area contributed by atoms with Crippen LogP contribution < -0.4 is 5.32 Å². The molecule has 1 N–H and O–H groups in total. The van der Waals surface area contributed by atoms with Crippen LogP contribution in [0.25, 0.3) is 0 Å². The van der Waals surface area contributed by atoms with Gasteiger partial charge in [0, 0.05) is 52.4 Å². The monoisotopic (exact) mass is 499 g/mol. The average Bonchev–Trinajstić information content (AvgIpc) is 2.71. The molecular formula is C22H38IN5. The lowest BCUT2D eigenvalue weighted by Gasteiger charge is -2.41. The first-order valence-corrected chi connectivity index (χ1v) is 10.5. The molecule has 1 aromatic rings. The number of nitrogens with zero attached hydrogens (tertiary/aromatic N) is 4. The first-order valence-electron chi connectivity index (χ1n) is 10.5. The molecule has 3 unspecified atom stereocenters. The number of piperidine rings is 1. The number of aliphatic imine (C=N–C) groups is 1. The molecule has 6 heteroatoms. The quantitative estimate of drug-likeness (QED) is 0.393. The summed E-state index contributed by atoms with van der Waals surface area (Å²) in [6, 6.07) is 11.6. The summed E-state index contributed by atoms with van der Waals surface area (Å²) in [4.78, 5) is 12.0. The molecule has 2 aliphatic heterocycles. The topological polar surface area (TPSA) is 34.1 Å². The van der Waals surface area contributed by atoms with Gasteiger partial charge in [0.25, 0.3) is 0 Å². The second-order valence-electron chi connectivity index (χ2n) is 8.24. The van der Waals surface area contributed by atoms with Crippen molar-refractivity contribution in [1.29, 1.82) is 0 Å². The Balaban J connectivity index is 0.00000280. The normalized spacial score (nSPS) is 27.4. The number of benzene rings is 1. The van der Waals surface area contributed by atoms with Crippen molar-refractivity contribution in [3.8, 4) is 0 Å². The second kappa shape index (κ2) is 11.4. The average molecular weight is 499 g/mol. The number of likely N-dealkylation sites (tertiary alicyclic amines) is 1. The van der Waals surface area contributed by atoms with Gasteiger partial charge >= 0.3 is 0 Å². The maximum Gasteiger partial charge on any atom is 0.193 e. The summed E-state index contributed by atoms with van der Waals surface area (Å²) in [5.74, 6) is 2.42. The molecule has 2 heterocycles. The number of hydrogen-bond acceptors (Lipinski definition) is 3. The Hall–Kier alpha value is -0.860. The molecule has 1 aromatic carbocycles. The third-order valence-corrected chi connectivity index (χ3v) is 6.47. The van der Waals surface area contributed by atoms with Crippen LogP contribution in [0.5, 0.6) is 0 Å². The molecule has 0 saturated carbocycles. The van der Waals surface area contributed by atoms with Gasteiger partial charge in [-0.3, -0.25) is 9.89 Å². The minimum absolute atomic E-state index is 0. The highest BCUT2D eigenvalue weighted by molar-refractivity contribution is 14.0. The van der Waals surface area contributed by atoms with Crippen molar-refractivity contribution in [3.05, 3.63) is 35.9 Å². The summed E-state index contributed by atoms with van der Waals surface area (Å²) >= 11 is 0. The molecule has 2 saturated heterocycles. The summed E-state index contributed by atoms with van der Waals surface area (Å²) in [5, 5.41) is 3.67. The predicted molar refractivity (Wildman–Crippen MR) is 130 cm³/mol. The predicted octanol–water partition coefficient (Wildman–Crippen LogP) is 2.94. The number of guanidine groups is 1. The van der Waals surface area contributed by atoms with Gasteiger partial charge in [-0.25, -0.2) is 0 Å². The fourth-order valence-corrected chi connectivity index (χ4v) is 4.64. The summed E-state index contributed by atoms with van der Waals surface area (Å²) in [7, 11) is 6.37. The molecule has 0 radical (unpaired) electrons. The number of nitrogens with one attached hydrogen (secondary N) is 1. The van der Waals surface area contributed by atoms with E-state index in [9.17, 15) is 0 Å². The van der Waals surface area contributed by atoms with Crippen LogP contribution in [0.4, 0.5) is 0 Å². The zero-order valence-corrected chi connectivity index (χ0v) is 20.3. The van der Waals surface area contributed by atoms with Gasteiger partial charge in [0.05, 0.1) is 0 Å². The summed E-state index contributed by atoms with van der Waals surface area (Å²) < 4.78 is 0. The number of piperazine rings is 1. The Morgan fingerprint density at radius 2 is 1.86 bits per heavy atom. The van der Waals surface area contributed by atoms with Gasteiger partial charge in [-0.05, 0) is 37.9 Å². The molecule has 0 spiro atoms. The summed E-state index contributed by atoms with van der Waals surface area (Å²) in [6.07, 6.45) is 2.42. The fourth-order valence-electron chi connectivity index (χ4n) is 4.64. The Morgan fingerprint density at radius 1 is 1.11 bits per heavy atom. The van der Waals surface area contributed by atoms with Crippen molar-refractivity contribution in [2.45, 2.75) is 31.7 Å². The maximum absolute atomic E-state index is 4.61. The number of rotatable bonds is 4. The first-order chi connectivity index (χ1) is 13.1. The van der Waals surface area contributed by atoms with Gasteiger partial charge in [0.2, 0.25) is 0 Å². The van der Waals surface area contributed by atoms with Crippen LogP contribution in [0.15, 0.2) is 35.3 Å². The van der Waals surface area contributed by atoms with Gasteiger partial charge in [-0.1, -0.05) is 43.7 Å². The molecule has 0 bridgehead atoms. The third-order valence-electron chi connectivity index (χ3n) is 6.47. The minimum atomic E-state index is 0. The highest BCUT2D eigenvalue weighted by Crippen LogP contribution is 2.34. The van der Waals surface area contributed by atoms with E-state index in [0.717, 1.165) is 45.2 Å². The molecule has 3 atom stereocenters. The Labute approximate surface area is 188 Å². The molecule has 2 aliphatic rings. The lowest BCUT2D eigenvalue weighted by Crippen LogP contribution is -2.56. The van der Waals surface area contributed by atoms with E-state index in [1.165, 1.54) is 18.4 Å². The summed E-state index contributed by atoms with van der Waals surface area (Å²) in [6.45, 7) is 8.88. The van der Waals surface area contributed by atoms with Gasteiger partial charge in [-0.2, -0.15) is 0 Å². The zero-order chi connectivity index (χ0) is 19.2. The second-order valence-corrected chi connectivity index (χ2v) is 8.24. The van der Waals surface area contributed by atoms with E-state index in [4.69, 9.17) is 0 Å². The Kier molecular flexibility index (Phi) is 9.50. The van der Waals surface area contributed by atoms with Crippen molar-refractivity contribution in [2.24, 2.45) is 10.9 Å². The van der Waals surface area contributed by atoms with Crippen molar-refractivity contribution >= 4 is 29.9 Å².